The van der Waals surface area contributed by atoms with Crippen LogP contribution >= 0.6 is 0 Å². The maximum atomic E-state index is 6.31. The molecule has 0 aromatic heterocycles. The summed E-state index contributed by atoms with van der Waals surface area (Å²) in [7, 11) is 0. The van der Waals surface area contributed by atoms with Crippen molar-refractivity contribution < 1.29 is 0 Å². The Morgan fingerprint density at radius 3 is 2.83 bits per heavy atom. The average molecular weight is 245 g/mol. The van der Waals surface area contributed by atoms with Crippen LogP contribution in [0.5, 0.6) is 0 Å². The predicted octanol–water partition coefficient (Wildman–Crippen LogP) is 1.47. The molecule has 2 N–H and O–H groups in total. The van der Waals surface area contributed by atoms with Crippen LogP contribution in [-0.4, -0.2) is 48.6 Å². The molecule has 0 radical (unpaired) electrons. The van der Waals surface area contributed by atoms with E-state index in [1.54, 1.807) is 0 Å². The second kappa shape index (κ2) is 5.39. The zero-order chi connectivity index (χ0) is 12.4. The van der Waals surface area contributed by atoms with Crippen molar-refractivity contribution in [2.24, 2.45) is 5.73 Å². The molecule has 0 amide bonds. The average Bonchev–Trinajstić information content (AvgIpc) is 2.87. The van der Waals surface area contributed by atoms with E-state index in [0.717, 1.165) is 12.6 Å². The Hall–Kier alpha value is -0.900. The monoisotopic (exact) mass is 245 g/mol. The number of rotatable bonds is 3. The van der Waals surface area contributed by atoms with Gasteiger partial charge in [-0.25, -0.2) is 0 Å². The summed E-state index contributed by atoms with van der Waals surface area (Å²) in [6, 6.07) is 11.4. The quantitative estimate of drug-likeness (QED) is 0.875. The molecule has 98 valence electrons. The summed E-state index contributed by atoms with van der Waals surface area (Å²) < 4.78 is 0. The summed E-state index contributed by atoms with van der Waals surface area (Å²) in [5, 5.41) is 0. The topological polar surface area (TPSA) is 32.5 Å². The van der Waals surface area contributed by atoms with E-state index in [1.165, 1.54) is 44.6 Å². The van der Waals surface area contributed by atoms with Gasteiger partial charge in [0, 0.05) is 38.3 Å². The van der Waals surface area contributed by atoms with Gasteiger partial charge in [0.15, 0.2) is 0 Å². The highest BCUT2D eigenvalue weighted by Gasteiger charge is 2.30. The summed E-state index contributed by atoms with van der Waals surface area (Å²) in [5.74, 6) is 0. The third-order valence-electron chi connectivity index (χ3n) is 4.35. The summed E-state index contributed by atoms with van der Waals surface area (Å²) in [5.41, 5.74) is 7.56. The molecule has 1 aromatic rings. The van der Waals surface area contributed by atoms with E-state index in [9.17, 15) is 0 Å². The lowest BCUT2D eigenvalue weighted by molar-refractivity contribution is 0.0998. The van der Waals surface area contributed by atoms with Gasteiger partial charge in [-0.3, -0.25) is 9.80 Å². The van der Waals surface area contributed by atoms with Crippen LogP contribution in [0, 0.1) is 0 Å². The van der Waals surface area contributed by atoms with Crippen molar-refractivity contribution in [1.82, 2.24) is 9.80 Å². The van der Waals surface area contributed by atoms with Gasteiger partial charge in [0.2, 0.25) is 0 Å². The maximum absolute atomic E-state index is 6.31. The number of hydrogen-bond donors (Lipinski definition) is 1. The second-order valence-electron chi connectivity index (χ2n) is 5.61. The highest BCUT2D eigenvalue weighted by molar-refractivity contribution is 5.18. The highest BCUT2D eigenvalue weighted by atomic mass is 15.3. The number of nitrogens with zero attached hydrogens (tertiary/aromatic N) is 2. The first kappa shape index (κ1) is 12.2. The number of fused-ring (bicyclic) bond motifs is 1. The molecule has 3 rings (SSSR count). The maximum Gasteiger partial charge on any atom is 0.0424 e. The third kappa shape index (κ3) is 2.58. The van der Waals surface area contributed by atoms with E-state index in [1.807, 2.05) is 6.07 Å². The van der Waals surface area contributed by atoms with Gasteiger partial charge in [-0.2, -0.15) is 0 Å². The minimum absolute atomic E-state index is 0.152. The Labute approximate surface area is 110 Å². The van der Waals surface area contributed by atoms with Crippen molar-refractivity contribution >= 4 is 0 Å². The summed E-state index contributed by atoms with van der Waals surface area (Å²) in [6.07, 6.45) is 2.75. The predicted molar refractivity (Wildman–Crippen MR) is 74.4 cm³/mol. The first-order valence-corrected chi connectivity index (χ1v) is 7.10. The van der Waals surface area contributed by atoms with Crippen molar-refractivity contribution in [2.75, 3.05) is 32.7 Å². The van der Waals surface area contributed by atoms with E-state index in [0.29, 0.717) is 0 Å². The fourth-order valence-electron chi connectivity index (χ4n) is 3.31. The van der Waals surface area contributed by atoms with E-state index >= 15 is 0 Å². The molecule has 0 aliphatic carbocycles. The molecular formula is C15H23N3. The largest absolute Gasteiger partial charge is 0.323 e. The number of piperazine rings is 1. The molecule has 2 atom stereocenters. The normalized spacial score (nSPS) is 27.1. The van der Waals surface area contributed by atoms with Crippen molar-refractivity contribution in [1.29, 1.82) is 0 Å². The molecule has 0 spiro atoms. The fourth-order valence-corrected chi connectivity index (χ4v) is 3.31. The first-order valence-electron chi connectivity index (χ1n) is 7.10. The number of benzene rings is 1. The van der Waals surface area contributed by atoms with E-state index in [4.69, 9.17) is 5.73 Å². The van der Waals surface area contributed by atoms with Gasteiger partial charge in [0.05, 0.1) is 0 Å². The number of nitrogens with two attached hydrogens (primary N) is 1. The van der Waals surface area contributed by atoms with Crippen molar-refractivity contribution in [3.05, 3.63) is 35.9 Å². The van der Waals surface area contributed by atoms with Crippen molar-refractivity contribution in [3.63, 3.8) is 0 Å². The number of hydrogen-bond acceptors (Lipinski definition) is 3. The molecule has 2 saturated heterocycles. The van der Waals surface area contributed by atoms with Gasteiger partial charge >= 0.3 is 0 Å². The molecule has 3 nitrogen and oxygen atoms in total. The van der Waals surface area contributed by atoms with E-state index in [-0.39, 0.29) is 6.04 Å². The van der Waals surface area contributed by atoms with Crippen LogP contribution in [0.1, 0.15) is 24.4 Å². The molecule has 3 heteroatoms. The standard InChI is InChI=1S/C15H23N3/c16-15(13-5-2-1-3-6-13)12-17-9-10-18-8-4-7-14(18)11-17/h1-3,5-6,14-15H,4,7-12,16H2. The van der Waals surface area contributed by atoms with Crippen LogP contribution < -0.4 is 5.73 Å². The molecule has 2 aliphatic heterocycles. The van der Waals surface area contributed by atoms with Gasteiger partial charge in [-0.05, 0) is 24.9 Å². The molecule has 2 aliphatic rings. The zero-order valence-corrected chi connectivity index (χ0v) is 11.0. The summed E-state index contributed by atoms with van der Waals surface area (Å²) >= 11 is 0. The van der Waals surface area contributed by atoms with E-state index < -0.39 is 0 Å². The van der Waals surface area contributed by atoms with Gasteiger partial charge in [-0.15, -0.1) is 0 Å². The molecule has 18 heavy (non-hydrogen) atoms. The molecule has 2 fully saturated rings. The Bertz CT molecular complexity index is 379. The van der Waals surface area contributed by atoms with Crippen LogP contribution in [0.25, 0.3) is 0 Å². The second-order valence-corrected chi connectivity index (χ2v) is 5.61. The van der Waals surface area contributed by atoms with E-state index in [2.05, 4.69) is 34.1 Å². The first-order chi connectivity index (χ1) is 8.83. The zero-order valence-electron chi connectivity index (χ0n) is 11.0. The van der Waals surface area contributed by atoms with Crippen LogP contribution in [0.15, 0.2) is 30.3 Å². The lowest BCUT2D eigenvalue weighted by Gasteiger charge is -2.38. The fraction of sp³-hybridized carbons (Fsp3) is 0.600. The Balaban J connectivity index is 1.57. The lowest BCUT2D eigenvalue weighted by Crippen LogP contribution is -2.51. The smallest absolute Gasteiger partial charge is 0.0424 e. The molecule has 0 bridgehead atoms. The minimum Gasteiger partial charge on any atom is -0.323 e. The Morgan fingerprint density at radius 1 is 1.17 bits per heavy atom. The summed E-state index contributed by atoms with van der Waals surface area (Å²) in [6.45, 7) is 5.92. The minimum atomic E-state index is 0.152. The molecule has 1 aromatic carbocycles. The molecular weight excluding hydrogens is 222 g/mol. The molecule has 2 unspecified atom stereocenters. The summed E-state index contributed by atoms with van der Waals surface area (Å²) in [4.78, 5) is 5.19. The Morgan fingerprint density at radius 2 is 2.00 bits per heavy atom. The van der Waals surface area contributed by atoms with Crippen LogP contribution in [-0.2, 0) is 0 Å². The van der Waals surface area contributed by atoms with Gasteiger partial charge < -0.3 is 5.73 Å². The molecule has 0 saturated carbocycles. The Kier molecular flexibility index (Phi) is 3.64. The van der Waals surface area contributed by atoms with Crippen LogP contribution in [0.4, 0.5) is 0 Å². The van der Waals surface area contributed by atoms with Crippen LogP contribution in [0.2, 0.25) is 0 Å². The van der Waals surface area contributed by atoms with Crippen molar-refractivity contribution in [3.8, 4) is 0 Å². The highest BCUT2D eigenvalue weighted by Crippen LogP contribution is 2.22. The molecule has 2 heterocycles. The SMILES string of the molecule is NC(CN1CCN2CCCC2C1)c1ccccc1. The van der Waals surface area contributed by atoms with Gasteiger partial charge in [-0.1, -0.05) is 30.3 Å². The van der Waals surface area contributed by atoms with Gasteiger partial charge in [0.1, 0.15) is 0 Å². The van der Waals surface area contributed by atoms with Gasteiger partial charge in [0.25, 0.3) is 0 Å². The third-order valence-corrected chi connectivity index (χ3v) is 4.35. The lowest BCUT2D eigenvalue weighted by atomic mass is 10.1. The van der Waals surface area contributed by atoms with Crippen molar-refractivity contribution in [2.45, 2.75) is 24.9 Å². The van der Waals surface area contributed by atoms with Crippen LogP contribution in [0.3, 0.4) is 0 Å².